The second-order valence-electron chi connectivity index (χ2n) is 6.18. The Hall–Kier alpha value is -2.26. The summed E-state index contributed by atoms with van der Waals surface area (Å²) in [7, 11) is 0. The van der Waals surface area contributed by atoms with Gasteiger partial charge in [0.1, 0.15) is 18.0 Å². The van der Waals surface area contributed by atoms with E-state index in [9.17, 15) is 14.4 Å². The molecule has 2 rings (SSSR count). The monoisotopic (exact) mass is 410 g/mol. The van der Waals surface area contributed by atoms with Gasteiger partial charge in [0.25, 0.3) is 5.56 Å². The summed E-state index contributed by atoms with van der Waals surface area (Å²) in [5.41, 5.74) is -0.287. The van der Waals surface area contributed by atoms with Crippen molar-refractivity contribution in [3.8, 4) is 0 Å². The van der Waals surface area contributed by atoms with Crippen molar-refractivity contribution in [3.63, 3.8) is 0 Å². The molecule has 0 saturated heterocycles. The number of hydrogen-bond acceptors (Lipinski definition) is 8. The zero-order valence-corrected chi connectivity index (χ0v) is 17.1. The van der Waals surface area contributed by atoms with Crippen LogP contribution in [0.5, 0.6) is 0 Å². The van der Waals surface area contributed by atoms with Gasteiger partial charge >= 0.3 is 11.9 Å². The van der Waals surface area contributed by atoms with Crippen LogP contribution in [0.3, 0.4) is 0 Å². The van der Waals surface area contributed by atoms with Gasteiger partial charge in [0.2, 0.25) is 0 Å². The van der Waals surface area contributed by atoms with Crippen LogP contribution in [0.2, 0.25) is 0 Å². The Labute approximate surface area is 167 Å². The van der Waals surface area contributed by atoms with Crippen LogP contribution in [0, 0.1) is 0 Å². The van der Waals surface area contributed by atoms with Gasteiger partial charge in [0, 0.05) is 12.0 Å². The molecule has 0 aliphatic heterocycles. The zero-order valence-electron chi connectivity index (χ0n) is 16.3. The van der Waals surface area contributed by atoms with Crippen LogP contribution in [0.1, 0.15) is 49.9 Å². The largest absolute Gasteiger partial charge is 0.462 e. The molecule has 0 N–H and O–H groups in total. The average molecular weight is 410 g/mol. The smallest absolute Gasteiger partial charge is 0.339 e. The van der Waals surface area contributed by atoms with E-state index in [1.807, 2.05) is 6.92 Å². The number of hydrogen-bond donors (Lipinski definition) is 0. The van der Waals surface area contributed by atoms with Crippen LogP contribution < -0.4 is 5.56 Å². The van der Waals surface area contributed by atoms with Crippen LogP contribution >= 0.6 is 11.3 Å². The van der Waals surface area contributed by atoms with E-state index in [2.05, 4.69) is 11.9 Å². The number of aromatic nitrogens is 2. The lowest BCUT2D eigenvalue weighted by Gasteiger charge is -2.08. The van der Waals surface area contributed by atoms with E-state index >= 15 is 0 Å². The second kappa shape index (κ2) is 11.6. The predicted octanol–water partition coefficient (Wildman–Crippen LogP) is 2.77. The molecule has 154 valence electrons. The van der Waals surface area contributed by atoms with Gasteiger partial charge in [-0.05, 0) is 12.8 Å². The summed E-state index contributed by atoms with van der Waals surface area (Å²) in [6.45, 7) is 5.15. The Balaban J connectivity index is 2.01. The third kappa shape index (κ3) is 6.13. The second-order valence-corrected chi connectivity index (χ2v) is 7.04. The van der Waals surface area contributed by atoms with Gasteiger partial charge in [-0.3, -0.25) is 14.2 Å². The van der Waals surface area contributed by atoms with Gasteiger partial charge in [-0.2, -0.15) is 0 Å². The summed E-state index contributed by atoms with van der Waals surface area (Å²) in [4.78, 5) is 41.5. The topological polar surface area (TPSA) is 96.7 Å². The molecule has 0 aromatic carbocycles. The number of rotatable bonds is 12. The Morgan fingerprint density at radius 2 is 1.82 bits per heavy atom. The molecule has 0 radical (unpaired) electrons. The summed E-state index contributed by atoms with van der Waals surface area (Å²) in [6.07, 6.45) is 4.93. The number of carbonyl (C=O) groups excluding carboxylic acids is 2. The molecule has 28 heavy (non-hydrogen) atoms. The maximum atomic E-state index is 12.7. The van der Waals surface area contributed by atoms with Crippen LogP contribution in [0.25, 0.3) is 10.2 Å². The Bertz CT molecular complexity index is 845. The SMILES string of the molecule is CCCCOCCOC(=O)Cn1cnc2scc(C(=O)OCCCC)c2c1=O. The van der Waals surface area contributed by atoms with Crippen molar-refractivity contribution in [2.24, 2.45) is 0 Å². The van der Waals surface area contributed by atoms with E-state index in [4.69, 9.17) is 14.2 Å². The molecule has 0 aliphatic rings. The summed E-state index contributed by atoms with van der Waals surface area (Å²) in [5.74, 6) is -1.12. The maximum absolute atomic E-state index is 12.7. The Kier molecular flexibility index (Phi) is 9.09. The average Bonchev–Trinajstić information content (AvgIpc) is 3.12. The van der Waals surface area contributed by atoms with E-state index in [0.29, 0.717) is 24.7 Å². The fourth-order valence-electron chi connectivity index (χ4n) is 2.37. The molecular formula is C19H26N2O6S. The lowest BCUT2D eigenvalue weighted by Crippen LogP contribution is -2.27. The molecule has 0 atom stereocenters. The zero-order chi connectivity index (χ0) is 20.4. The highest BCUT2D eigenvalue weighted by atomic mass is 32.1. The first kappa shape index (κ1) is 22.0. The Morgan fingerprint density at radius 3 is 2.57 bits per heavy atom. The highest BCUT2D eigenvalue weighted by Gasteiger charge is 2.19. The van der Waals surface area contributed by atoms with Gasteiger partial charge < -0.3 is 14.2 Å². The van der Waals surface area contributed by atoms with Gasteiger partial charge in [0.05, 0.1) is 30.5 Å². The fraction of sp³-hybridized carbons (Fsp3) is 0.579. The van der Waals surface area contributed by atoms with Crippen molar-refractivity contribution in [1.29, 1.82) is 0 Å². The Morgan fingerprint density at radius 1 is 1.07 bits per heavy atom. The molecule has 2 heterocycles. The van der Waals surface area contributed by atoms with Gasteiger partial charge in [-0.25, -0.2) is 9.78 Å². The first-order valence-corrected chi connectivity index (χ1v) is 10.3. The summed E-state index contributed by atoms with van der Waals surface area (Å²) < 4.78 is 16.7. The highest BCUT2D eigenvalue weighted by molar-refractivity contribution is 7.17. The van der Waals surface area contributed by atoms with Crippen LogP contribution in [-0.2, 0) is 25.5 Å². The standard InChI is InChI=1S/C19H26N2O6S/c1-3-5-7-25-9-10-26-15(22)11-21-13-20-17-16(18(21)23)14(12-28-17)19(24)27-8-6-4-2/h12-13H,3-11H2,1-2H3. The molecule has 0 fully saturated rings. The van der Waals surface area contributed by atoms with Crippen LogP contribution in [-0.4, -0.2) is 47.9 Å². The van der Waals surface area contributed by atoms with E-state index in [1.165, 1.54) is 17.7 Å². The fourth-order valence-corrected chi connectivity index (χ4v) is 3.23. The van der Waals surface area contributed by atoms with Crippen molar-refractivity contribution < 1.29 is 23.8 Å². The molecule has 8 nitrogen and oxygen atoms in total. The molecule has 2 aromatic heterocycles. The number of thiophene rings is 1. The van der Waals surface area contributed by atoms with E-state index in [1.54, 1.807) is 5.38 Å². The van der Waals surface area contributed by atoms with Crippen molar-refractivity contribution in [2.45, 2.75) is 46.1 Å². The van der Waals surface area contributed by atoms with Crippen molar-refractivity contribution in [1.82, 2.24) is 9.55 Å². The molecule has 2 aromatic rings. The predicted molar refractivity (Wildman–Crippen MR) is 106 cm³/mol. The first-order valence-electron chi connectivity index (χ1n) is 9.45. The number of fused-ring (bicyclic) bond motifs is 1. The van der Waals surface area contributed by atoms with E-state index in [0.717, 1.165) is 30.3 Å². The number of ether oxygens (including phenoxy) is 3. The summed E-state index contributed by atoms with van der Waals surface area (Å²) in [6, 6.07) is 0. The van der Waals surface area contributed by atoms with Gasteiger partial charge in [0.15, 0.2) is 0 Å². The lowest BCUT2D eigenvalue weighted by molar-refractivity contribution is -0.146. The number of carbonyl (C=O) groups is 2. The molecule has 0 spiro atoms. The van der Waals surface area contributed by atoms with E-state index < -0.39 is 17.5 Å². The molecular weight excluding hydrogens is 384 g/mol. The molecule has 0 unspecified atom stereocenters. The summed E-state index contributed by atoms with van der Waals surface area (Å²) in [5, 5.41) is 1.73. The maximum Gasteiger partial charge on any atom is 0.339 e. The molecule has 0 amide bonds. The quantitative estimate of drug-likeness (QED) is 0.392. The molecule has 0 aliphatic carbocycles. The minimum absolute atomic E-state index is 0.125. The van der Waals surface area contributed by atoms with Crippen LogP contribution in [0.4, 0.5) is 0 Å². The molecule has 0 bridgehead atoms. The minimum Gasteiger partial charge on any atom is -0.462 e. The number of unbranched alkanes of at least 4 members (excludes halogenated alkanes) is 2. The highest BCUT2D eigenvalue weighted by Crippen LogP contribution is 2.21. The lowest BCUT2D eigenvalue weighted by atomic mass is 10.2. The summed E-state index contributed by atoms with van der Waals surface area (Å²) >= 11 is 1.19. The van der Waals surface area contributed by atoms with Crippen molar-refractivity contribution in [3.05, 3.63) is 27.6 Å². The number of esters is 2. The normalized spacial score (nSPS) is 10.9. The first-order chi connectivity index (χ1) is 13.6. The third-order valence-corrected chi connectivity index (χ3v) is 4.83. The third-order valence-electron chi connectivity index (χ3n) is 3.94. The molecule has 0 saturated carbocycles. The van der Waals surface area contributed by atoms with Crippen molar-refractivity contribution in [2.75, 3.05) is 26.4 Å². The van der Waals surface area contributed by atoms with Gasteiger partial charge in [-0.1, -0.05) is 26.7 Å². The van der Waals surface area contributed by atoms with E-state index in [-0.39, 0.29) is 24.1 Å². The van der Waals surface area contributed by atoms with Crippen molar-refractivity contribution >= 4 is 33.5 Å². The van der Waals surface area contributed by atoms with Gasteiger partial charge in [-0.15, -0.1) is 11.3 Å². The molecule has 9 heteroatoms. The van der Waals surface area contributed by atoms with Crippen LogP contribution in [0.15, 0.2) is 16.5 Å². The minimum atomic E-state index is -0.565. The number of nitrogens with zero attached hydrogens (tertiary/aromatic N) is 2.